The lowest BCUT2D eigenvalue weighted by Gasteiger charge is -2.10. The van der Waals surface area contributed by atoms with Crippen molar-refractivity contribution in [2.75, 3.05) is 18.9 Å². The van der Waals surface area contributed by atoms with Gasteiger partial charge in [0.25, 0.3) is 5.91 Å². The van der Waals surface area contributed by atoms with Crippen LogP contribution in [-0.2, 0) is 6.42 Å². The zero-order valence-electron chi connectivity index (χ0n) is 11.8. The molecular formula is C16H19N3O. The summed E-state index contributed by atoms with van der Waals surface area (Å²) in [6.45, 7) is 2.81. The summed E-state index contributed by atoms with van der Waals surface area (Å²) in [5.41, 5.74) is 2.80. The zero-order valence-corrected chi connectivity index (χ0v) is 11.8. The second kappa shape index (κ2) is 6.82. The Bertz CT molecular complexity index is 596. The molecule has 1 heterocycles. The SMILES string of the molecule is CNCCc1ccccc1C(=O)Nc1cc(C)ccn1. The molecule has 0 aliphatic carbocycles. The molecule has 1 amide bonds. The van der Waals surface area contributed by atoms with E-state index < -0.39 is 0 Å². The van der Waals surface area contributed by atoms with Gasteiger partial charge < -0.3 is 10.6 Å². The minimum Gasteiger partial charge on any atom is -0.319 e. The van der Waals surface area contributed by atoms with E-state index in [9.17, 15) is 4.79 Å². The fraction of sp³-hybridized carbons (Fsp3) is 0.250. The van der Waals surface area contributed by atoms with Gasteiger partial charge in [-0.3, -0.25) is 4.79 Å². The molecule has 0 aliphatic heterocycles. The van der Waals surface area contributed by atoms with Crippen molar-refractivity contribution in [2.45, 2.75) is 13.3 Å². The molecule has 1 aromatic heterocycles. The van der Waals surface area contributed by atoms with Gasteiger partial charge in [-0.1, -0.05) is 18.2 Å². The lowest BCUT2D eigenvalue weighted by Crippen LogP contribution is -2.17. The van der Waals surface area contributed by atoms with Crippen LogP contribution in [0, 0.1) is 6.92 Å². The highest BCUT2D eigenvalue weighted by molar-refractivity contribution is 6.04. The molecule has 0 saturated carbocycles. The Kier molecular flexibility index (Phi) is 4.85. The molecule has 0 aliphatic rings. The van der Waals surface area contributed by atoms with E-state index in [2.05, 4.69) is 15.6 Å². The molecular weight excluding hydrogens is 250 g/mol. The van der Waals surface area contributed by atoms with Crippen molar-refractivity contribution in [2.24, 2.45) is 0 Å². The Morgan fingerprint density at radius 2 is 2.05 bits per heavy atom. The molecule has 2 N–H and O–H groups in total. The number of rotatable bonds is 5. The molecule has 0 atom stereocenters. The number of hydrogen-bond acceptors (Lipinski definition) is 3. The van der Waals surface area contributed by atoms with E-state index in [0.717, 1.165) is 24.1 Å². The number of anilines is 1. The number of carbonyl (C=O) groups is 1. The van der Waals surface area contributed by atoms with Gasteiger partial charge in [-0.05, 0) is 56.3 Å². The van der Waals surface area contributed by atoms with E-state index in [0.29, 0.717) is 11.4 Å². The lowest BCUT2D eigenvalue weighted by atomic mass is 10.0. The van der Waals surface area contributed by atoms with E-state index in [1.165, 1.54) is 0 Å². The zero-order chi connectivity index (χ0) is 14.4. The Labute approximate surface area is 119 Å². The third kappa shape index (κ3) is 3.65. The van der Waals surface area contributed by atoms with Crippen molar-refractivity contribution >= 4 is 11.7 Å². The maximum atomic E-state index is 12.3. The summed E-state index contributed by atoms with van der Waals surface area (Å²) >= 11 is 0. The molecule has 20 heavy (non-hydrogen) atoms. The molecule has 0 spiro atoms. The van der Waals surface area contributed by atoms with E-state index in [1.54, 1.807) is 6.20 Å². The number of aryl methyl sites for hydroxylation is 1. The predicted octanol–water partition coefficient (Wildman–Crippen LogP) is 2.40. The number of hydrogen-bond donors (Lipinski definition) is 2. The Morgan fingerprint density at radius 1 is 1.25 bits per heavy atom. The number of benzene rings is 1. The summed E-state index contributed by atoms with van der Waals surface area (Å²) in [5.74, 6) is 0.466. The lowest BCUT2D eigenvalue weighted by molar-refractivity contribution is 0.102. The number of nitrogens with zero attached hydrogens (tertiary/aromatic N) is 1. The number of nitrogens with one attached hydrogen (secondary N) is 2. The van der Waals surface area contributed by atoms with Gasteiger partial charge >= 0.3 is 0 Å². The summed E-state index contributed by atoms with van der Waals surface area (Å²) in [7, 11) is 1.90. The van der Waals surface area contributed by atoms with Crippen LogP contribution in [0.5, 0.6) is 0 Å². The first-order valence-electron chi connectivity index (χ1n) is 6.67. The van der Waals surface area contributed by atoms with Gasteiger partial charge in [0, 0.05) is 11.8 Å². The summed E-state index contributed by atoms with van der Waals surface area (Å²) < 4.78 is 0. The minimum absolute atomic E-state index is 0.116. The molecule has 0 fully saturated rings. The molecule has 0 saturated heterocycles. The first-order chi connectivity index (χ1) is 9.70. The van der Waals surface area contributed by atoms with E-state index in [1.807, 2.05) is 50.4 Å². The van der Waals surface area contributed by atoms with Crippen molar-refractivity contribution in [3.8, 4) is 0 Å². The van der Waals surface area contributed by atoms with Crippen LogP contribution in [0.3, 0.4) is 0 Å². The molecule has 2 aromatic rings. The number of likely N-dealkylation sites (N-methyl/N-ethyl adjacent to an activating group) is 1. The quantitative estimate of drug-likeness (QED) is 0.876. The van der Waals surface area contributed by atoms with E-state index in [-0.39, 0.29) is 5.91 Å². The average Bonchev–Trinajstić information content (AvgIpc) is 2.45. The van der Waals surface area contributed by atoms with Crippen molar-refractivity contribution in [3.63, 3.8) is 0 Å². The van der Waals surface area contributed by atoms with Crippen molar-refractivity contribution < 1.29 is 4.79 Å². The minimum atomic E-state index is -0.116. The molecule has 104 valence electrons. The number of amides is 1. The molecule has 1 aromatic carbocycles. The topological polar surface area (TPSA) is 54.0 Å². The second-order valence-corrected chi connectivity index (χ2v) is 4.68. The number of carbonyl (C=O) groups excluding carboxylic acids is 1. The van der Waals surface area contributed by atoms with Crippen LogP contribution < -0.4 is 10.6 Å². The van der Waals surface area contributed by atoms with E-state index in [4.69, 9.17) is 0 Å². The van der Waals surface area contributed by atoms with Crippen LogP contribution in [0.1, 0.15) is 21.5 Å². The van der Waals surface area contributed by atoms with Gasteiger partial charge in [-0.25, -0.2) is 4.98 Å². The van der Waals surface area contributed by atoms with E-state index >= 15 is 0 Å². The summed E-state index contributed by atoms with van der Waals surface area (Å²) in [6, 6.07) is 11.4. The molecule has 2 rings (SSSR count). The highest BCUT2D eigenvalue weighted by Crippen LogP contribution is 2.13. The standard InChI is InChI=1S/C16H19N3O/c1-12-7-10-18-15(11-12)19-16(20)14-6-4-3-5-13(14)8-9-17-2/h3-7,10-11,17H,8-9H2,1-2H3,(H,18,19,20). The summed E-state index contributed by atoms with van der Waals surface area (Å²) in [5, 5.41) is 5.94. The largest absolute Gasteiger partial charge is 0.319 e. The maximum Gasteiger partial charge on any atom is 0.257 e. The van der Waals surface area contributed by atoms with Crippen LogP contribution >= 0.6 is 0 Å². The van der Waals surface area contributed by atoms with Gasteiger partial charge in [-0.15, -0.1) is 0 Å². The van der Waals surface area contributed by atoms with Gasteiger partial charge in [0.05, 0.1) is 0 Å². The highest BCUT2D eigenvalue weighted by Gasteiger charge is 2.11. The molecule has 0 bridgehead atoms. The van der Waals surface area contributed by atoms with Gasteiger partial charge in [0.15, 0.2) is 0 Å². The fourth-order valence-electron chi connectivity index (χ4n) is 2.01. The Balaban J connectivity index is 2.16. The molecule has 0 unspecified atom stereocenters. The van der Waals surface area contributed by atoms with Gasteiger partial charge in [-0.2, -0.15) is 0 Å². The monoisotopic (exact) mass is 269 g/mol. The van der Waals surface area contributed by atoms with Crippen molar-refractivity contribution in [1.29, 1.82) is 0 Å². The number of aromatic nitrogens is 1. The Morgan fingerprint density at radius 3 is 2.80 bits per heavy atom. The summed E-state index contributed by atoms with van der Waals surface area (Å²) in [6.07, 6.45) is 2.51. The Hall–Kier alpha value is -2.20. The van der Waals surface area contributed by atoms with Gasteiger partial charge in [0.2, 0.25) is 0 Å². The summed E-state index contributed by atoms with van der Waals surface area (Å²) in [4.78, 5) is 16.5. The van der Waals surface area contributed by atoms with Crippen LogP contribution in [0.15, 0.2) is 42.6 Å². The molecule has 4 heteroatoms. The number of pyridine rings is 1. The third-order valence-corrected chi connectivity index (χ3v) is 3.06. The van der Waals surface area contributed by atoms with Crippen molar-refractivity contribution in [3.05, 3.63) is 59.3 Å². The van der Waals surface area contributed by atoms with Crippen molar-refractivity contribution in [1.82, 2.24) is 10.3 Å². The maximum absolute atomic E-state index is 12.3. The smallest absolute Gasteiger partial charge is 0.257 e. The molecule has 4 nitrogen and oxygen atoms in total. The predicted molar refractivity (Wildman–Crippen MR) is 81.0 cm³/mol. The van der Waals surface area contributed by atoms with Gasteiger partial charge in [0.1, 0.15) is 5.82 Å². The van der Waals surface area contributed by atoms with Crippen LogP contribution in [0.4, 0.5) is 5.82 Å². The first kappa shape index (κ1) is 14.2. The van der Waals surface area contributed by atoms with Crippen LogP contribution in [-0.4, -0.2) is 24.5 Å². The fourth-order valence-corrected chi connectivity index (χ4v) is 2.01. The average molecular weight is 269 g/mol. The highest BCUT2D eigenvalue weighted by atomic mass is 16.1. The van der Waals surface area contributed by atoms with Crippen LogP contribution in [0.2, 0.25) is 0 Å². The second-order valence-electron chi connectivity index (χ2n) is 4.68. The van der Waals surface area contributed by atoms with Crippen LogP contribution in [0.25, 0.3) is 0 Å². The first-order valence-corrected chi connectivity index (χ1v) is 6.67. The normalized spacial score (nSPS) is 10.3. The third-order valence-electron chi connectivity index (χ3n) is 3.06. The molecule has 0 radical (unpaired) electrons.